The third-order valence-electron chi connectivity index (χ3n) is 3.96. The second kappa shape index (κ2) is 10.1. The summed E-state index contributed by atoms with van der Waals surface area (Å²) in [5.41, 5.74) is 4.17. The Morgan fingerprint density at radius 2 is 1.85 bits per heavy atom. The van der Waals surface area contributed by atoms with Crippen molar-refractivity contribution in [1.29, 1.82) is 5.26 Å². The number of pyridine rings is 1. The van der Waals surface area contributed by atoms with Crippen LogP contribution in [0.2, 0.25) is 0 Å². The highest BCUT2D eigenvalue weighted by Gasteiger charge is 2.16. The lowest BCUT2D eigenvalue weighted by Gasteiger charge is -2.12. The second-order valence-corrected chi connectivity index (χ2v) is 8.30. The molecule has 0 aliphatic rings. The van der Waals surface area contributed by atoms with Crippen LogP contribution in [-0.2, 0) is 0 Å². The first-order chi connectivity index (χ1) is 13.3. The van der Waals surface area contributed by atoms with Crippen LogP contribution in [0.15, 0.2) is 60.1 Å². The standard InChI is InChI=1S/C21H20N4S2/c1-2-3-9-26-15-27-21-19(11-22)18(16-7-5-4-6-8-16)10-20(25-21)17-12-23-14-24-13-17/h4-8,10,12-14H,2-3,9,15H2,1H3. The summed E-state index contributed by atoms with van der Waals surface area (Å²) in [6, 6.07) is 14.3. The lowest BCUT2D eigenvalue weighted by Crippen LogP contribution is -1.96. The van der Waals surface area contributed by atoms with Crippen LogP contribution in [0.25, 0.3) is 22.4 Å². The van der Waals surface area contributed by atoms with Gasteiger partial charge in [0.15, 0.2) is 0 Å². The Kier molecular flexibility index (Phi) is 7.26. The minimum atomic E-state index is 0.628. The average molecular weight is 393 g/mol. The molecule has 2 heterocycles. The van der Waals surface area contributed by atoms with Crippen molar-refractivity contribution in [3.63, 3.8) is 0 Å². The highest BCUT2D eigenvalue weighted by Crippen LogP contribution is 2.35. The van der Waals surface area contributed by atoms with Crippen LogP contribution in [0.5, 0.6) is 0 Å². The van der Waals surface area contributed by atoms with Crippen LogP contribution in [0.4, 0.5) is 0 Å². The quantitative estimate of drug-likeness (QED) is 0.280. The number of rotatable bonds is 8. The molecule has 0 aliphatic carbocycles. The van der Waals surface area contributed by atoms with Gasteiger partial charge in [0.2, 0.25) is 0 Å². The molecule has 4 nitrogen and oxygen atoms in total. The van der Waals surface area contributed by atoms with E-state index in [0.29, 0.717) is 5.56 Å². The van der Waals surface area contributed by atoms with Crippen LogP contribution in [0, 0.1) is 11.3 Å². The molecule has 0 N–H and O–H groups in total. The predicted molar refractivity (Wildman–Crippen MR) is 114 cm³/mol. The van der Waals surface area contributed by atoms with Crippen molar-refractivity contribution < 1.29 is 0 Å². The SMILES string of the molecule is CCCCSCSc1nc(-c2cncnc2)cc(-c2ccccc2)c1C#N. The van der Waals surface area contributed by atoms with Gasteiger partial charge in [-0.25, -0.2) is 15.0 Å². The van der Waals surface area contributed by atoms with Crippen molar-refractivity contribution in [2.75, 3.05) is 10.8 Å². The molecule has 27 heavy (non-hydrogen) atoms. The third-order valence-corrected chi connectivity index (χ3v) is 6.24. The van der Waals surface area contributed by atoms with E-state index in [0.717, 1.165) is 38.2 Å². The number of nitriles is 1. The molecule has 0 spiro atoms. The highest BCUT2D eigenvalue weighted by molar-refractivity contribution is 8.15. The monoisotopic (exact) mass is 392 g/mol. The van der Waals surface area contributed by atoms with Gasteiger partial charge in [0, 0.05) is 28.6 Å². The molecular weight excluding hydrogens is 372 g/mol. The van der Waals surface area contributed by atoms with Gasteiger partial charge in [0.1, 0.15) is 17.4 Å². The summed E-state index contributed by atoms with van der Waals surface area (Å²) in [6.07, 6.45) is 7.41. The molecule has 0 fully saturated rings. The number of hydrogen-bond acceptors (Lipinski definition) is 6. The fraction of sp³-hybridized carbons (Fsp3) is 0.238. The molecule has 136 valence electrons. The molecule has 3 aromatic rings. The van der Waals surface area contributed by atoms with Crippen LogP contribution in [0.3, 0.4) is 0 Å². The highest BCUT2D eigenvalue weighted by atomic mass is 32.2. The Morgan fingerprint density at radius 1 is 1.07 bits per heavy atom. The Morgan fingerprint density at radius 3 is 2.56 bits per heavy atom. The maximum Gasteiger partial charge on any atom is 0.116 e. The molecule has 0 saturated heterocycles. The lowest BCUT2D eigenvalue weighted by molar-refractivity contribution is 0.897. The number of hydrogen-bond donors (Lipinski definition) is 0. The van der Waals surface area contributed by atoms with Crippen LogP contribution in [-0.4, -0.2) is 25.8 Å². The molecule has 0 radical (unpaired) electrons. The van der Waals surface area contributed by atoms with Crippen LogP contribution < -0.4 is 0 Å². The lowest BCUT2D eigenvalue weighted by atomic mass is 10.00. The van der Waals surface area contributed by atoms with Crippen molar-refractivity contribution in [1.82, 2.24) is 15.0 Å². The second-order valence-electron chi connectivity index (χ2n) is 5.86. The molecule has 1 aromatic carbocycles. The summed E-state index contributed by atoms with van der Waals surface area (Å²) in [5.74, 6) is 1.13. The number of nitrogens with zero attached hydrogens (tertiary/aromatic N) is 4. The maximum absolute atomic E-state index is 9.83. The van der Waals surface area contributed by atoms with E-state index in [9.17, 15) is 5.26 Å². The maximum atomic E-state index is 9.83. The summed E-state index contributed by atoms with van der Waals surface area (Å²) in [4.78, 5) is 13.0. The first kappa shape index (κ1) is 19.4. The minimum absolute atomic E-state index is 0.628. The number of aromatic nitrogens is 3. The normalized spacial score (nSPS) is 10.5. The average Bonchev–Trinajstić information content (AvgIpc) is 2.74. The van der Waals surface area contributed by atoms with Crippen molar-refractivity contribution >= 4 is 23.5 Å². The molecule has 0 amide bonds. The number of thioether (sulfide) groups is 2. The van der Waals surface area contributed by atoms with Crippen molar-refractivity contribution in [3.8, 4) is 28.5 Å². The molecule has 0 unspecified atom stereocenters. The summed E-state index contributed by atoms with van der Waals surface area (Å²) < 4.78 is 0. The van der Waals surface area contributed by atoms with E-state index < -0.39 is 0 Å². The Bertz CT molecular complexity index is 909. The van der Waals surface area contributed by atoms with Gasteiger partial charge in [-0.2, -0.15) is 17.0 Å². The van der Waals surface area contributed by atoms with E-state index in [4.69, 9.17) is 4.98 Å². The molecule has 0 saturated carbocycles. The summed E-state index contributed by atoms with van der Waals surface area (Å²) >= 11 is 3.51. The summed E-state index contributed by atoms with van der Waals surface area (Å²) in [7, 11) is 0. The van der Waals surface area contributed by atoms with Gasteiger partial charge in [0.05, 0.1) is 11.3 Å². The molecule has 0 bridgehead atoms. The van der Waals surface area contributed by atoms with Crippen molar-refractivity contribution in [3.05, 3.63) is 60.7 Å². The fourth-order valence-electron chi connectivity index (χ4n) is 2.56. The van der Waals surface area contributed by atoms with Crippen molar-refractivity contribution in [2.24, 2.45) is 0 Å². The van der Waals surface area contributed by atoms with Gasteiger partial charge >= 0.3 is 0 Å². The summed E-state index contributed by atoms with van der Waals surface area (Å²) in [6.45, 7) is 2.20. The zero-order valence-electron chi connectivity index (χ0n) is 15.1. The van der Waals surface area contributed by atoms with E-state index in [1.54, 1.807) is 24.2 Å². The first-order valence-corrected chi connectivity index (χ1v) is 10.9. The molecule has 6 heteroatoms. The first-order valence-electron chi connectivity index (χ1n) is 8.80. The fourth-order valence-corrected chi connectivity index (χ4v) is 4.77. The van der Waals surface area contributed by atoms with Gasteiger partial charge in [0.25, 0.3) is 0 Å². The van der Waals surface area contributed by atoms with Gasteiger partial charge in [-0.1, -0.05) is 55.4 Å². The van der Waals surface area contributed by atoms with Crippen molar-refractivity contribution in [2.45, 2.75) is 24.8 Å². The molecule has 0 aliphatic heterocycles. The van der Waals surface area contributed by atoms with Gasteiger partial charge in [-0.05, 0) is 23.8 Å². The Labute approximate surface area is 168 Å². The number of unbranched alkanes of at least 4 members (excludes halogenated alkanes) is 1. The van der Waals surface area contributed by atoms with E-state index >= 15 is 0 Å². The van der Waals surface area contributed by atoms with Gasteiger partial charge < -0.3 is 0 Å². The largest absolute Gasteiger partial charge is 0.244 e. The van der Waals surface area contributed by atoms with Crippen LogP contribution in [0.1, 0.15) is 25.3 Å². The van der Waals surface area contributed by atoms with E-state index in [1.165, 1.54) is 19.2 Å². The Balaban J connectivity index is 2.01. The Hall–Kier alpha value is -2.36. The topological polar surface area (TPSA) is 62.5 Å². The molecular formula is C21H20N4S2. The van der Waals surface area contributed by atoms with E-state index in [1.807, 2.05) is 48.2 Å². The number of benzene rings is 1. The molecule has 3 rings (SSSR count). The van der Waals surface area contributed by atoms with E-state index in [2.05, 4.69) is 23.0 Å². The predicted octanol–water partition coefficient (Wildman–Crippen LogP) is 5.66. The zero-order valence-corrected chi connectivity index (χ0v) is 16.8. The zero-order chi connectivity index (χ0) is 18.9. The molecule has 0 atom stereocenters. The van der Waals surface area contributed by atoms with Gasteiger partial charge in [-0.3, -0.25) is 0 Å². The summed E-state index contributed by atoms with van der Waals surface area (Å²) in [5, 5.41) is 11.5. The smallest absolute Gasteiger partial charge is 0.116 e. The van der Waals surface area contributed by atoms with Crippen LogP contribution >= 0.6 is 23.5 Å². The van der Waals surface area contributed by atoms with Gasteiger partial charge in [-0.15, -0.1) is 0 Å². The third kappa shape index (κ3) is 5.09. The molecule has 2 aromatic heterocycles. The minimum Gasteiger partial charge on any atom is -0.244 e. The van der Waals surface area contributed by atoms with E-state index in [-0.39, 0.29) is 0 Å².